The first-order valence-electron chi connectivity index (χ1n) is 5.76. The quantitative estimate of drug-likeness (QED) is 0.833. The lowest BCUT2D eigenvalue weighted by atomic mass is 10.2. The van der Waals surface area contributed by atoms with Crippen molar-refractivity contribution in [3.63, 3.8) is 0 Å². The molecule has 1 aromatic heterocycles. The van der Waals surface area contributed by atoms with Crippen molar-refractivity contribution in [2.24, 2.45) is 4.99 Å². The lowest BCUT2D eigenvalue weighted by Gasteiger charge is -2.15. The van der Waals surface area contributed by atoms with Crippen LogP contribution in [0.1, 0.15) is 12.8 Å². The zero-order valence-corrected chi connectivity index (χ0v) is 11.8. The van der Waals surface area contributed by atoms with Crippen LogP contribution in [0.5, 0.6) is 0 Å². The van der Waals surface area contributed by atoms with E-state index in [2.05, 4.69) is 50.1 Å². The van der Waals surface area contributed by atoms with E-state index in [-0.39, 0.29) is 0 Å². The molecule has 1 atom stereocenters. The number of aromatic nitrogens is 2. The first kappa shape index (κ1) is 12.5. The summed E-state index contributed by atoms with van der Waals surface area (Å²) in [7, 11) is 3.94. The summed E-state index contributed by atoms with van der Waals surface area (Å²) in [5.41, 5.74) is 0.852. The van der Waals surface area contributed by atoms with Gasteiger partial charge in [-0.3, -0.25) is 9.89 Å². The van der Waals surface area contributed by atoms with Crippen molar-refractivity contribution >= 4 is 22.1 Å². The maximum absolute atomic E-state index is 4.19. The van der Waals surface area contributed by atoms with Gasteiger partial charge in [0.05, 0.1) is 6.20 Å². The van der Waals surface area contributed by atoms with Crippen LogP contribution >= 0.6 is 15.9 Å². The molecule has 1 unspecified atom stereocenters. The molecule has 1 aliphatic heterocycles. The highest BCUT2D eigenvalue weighted by Crippen LogP contribution is 2.15. The summed E-state index contributed by atoms with van der Waals surface area (Å²) in [6, 6.07) is 0.541. The van der Waals surface area contributed by atoms with Crippen LogP contribution in [0.3, 0.4) is 0 Å². The topological polar surface area (TPSA) is 33.4 Å². The number of likely N-dealkylation sites (N-methyl/N-ethyl adjacent to an activating group) is 1. The molecule has 0 radical (unpaired) electrons. The lowest BCUT2D eigenvalue weighted by molar-refractivity contribution is 0.357. The second-order valence-electron chi connectivity index (χ2n) is 4.23. The van der Waals surface area contributed by atoms with Gasteiger partial charge in [-0.2, -0.15) is 0 Å². The van der Waals surface area contributed by atoms with E-state index in [9.17, 15) is 0 Å². The minimum atomic E-state index is 0.541. The van der Waals surface area contributed by atoms with Gasteiger partial charge in [-0.15, -0.1) is 0 Å². The molecular formula is C12H17BrN4. The Morgan fingerprint density at radius 2 is 2.41 bits per heavy atom. The van der Waals surface area contributed by atoms with Gasteiger partial charge >= 0.3 is 0 Å². The molecule has 0 N–H and O–H groups in total. The second-order valence-corrected chi connectivity index (χ2v) is 5.04. The molecule has 0 amide bonds. The normalized spacial score (nSPS) is 22.8. The van der Waals surface area contributed by atoms with E-state index in [0.717, 1.165) is 10.1 Å². The first-order chi connectivity index (χ1) is 8.20. The fourth-order valence-corrected chi connectivity index (χ4v) is 2.39. The highest BCUT2D eigenvalue weighted by atomic mass is 79.9. The fourth-order valence-electron chi connectivity index (χ4n) is 2.06. The van der Waals surface area contributed by atoms with Gasteiger partial charge in [-0.05, 0) is 42.4 Å². The number of hydrogen-bond acceptors (Lipinski definition) is 3. The molecule has 0 saturated carbocycles. The van der Waals surface area contributed by atoms with Crippen molar-refractivity contribution in [2.75, 3.05) is 20.6 Å². The van der Waals surface area contributed by atoms with Crippen LogP contribution in [0.4, 0.5) is 0 Å². The zero-order chi connectivity index (χ0) is 12.3. The van der Waals surface area contributed by atoms with E-state index in [1.165, 1.54) is 19.4 Å². The molecular weight excluding hydrogens is 280 g/mol. The standard InChI is InChI=1S/C12H17BrN4/c1-14-12-8-15-11(13)9-17(12)7-5-10-4-3-6-16(10)2/h5,7-10H,3-4,6H2,1-2H3/b7-5+,14-12?. The molecule has 0 bridgehead atoms. The summed E-state index contributed by atoms with van der Waals surface area (Å²) in [6.07, 6.45) is 10.5. The third kappa shape index (κ3) is 3.04. The molecule has 0 aromatic carbocycles. The zero-order valence-electron chi connectivity index (χ0n) is 10.2. The molecule has 2 heterocycles. The van der Waals surface area contributed by atoms with Gasteiger partial charge in [-0.25, -0.2) is 4.98 Å². The van der Waals surface area contributed by atoms with Crippen molar-refractivity contribution in [1.29, 1.82) is 0 Å². The minimum absolute atomic E-state index is 0.541. The van der Waals surface area contributed by atoms with Gasteiger partial charge in [0, 0.05) is 25.5 Å². The van der Waals surface area contributed by atoms with E-state index >= 15 is 0 Å². The van der Waals surface area contributed by atoms with Crippen molar-refractivity contribution in [3.05, 3.63) is 28.6 Å². The molecule has 17 heavy (non-hydrogen) atoms. The molecule has 1 fully saturated rings. The Morgan fingerprint density at radius 3 is 3.06 bits per heavy atom. The van der Waals surface area contributed by atoms with Crippen LogP contribution in [0.25, 0.3) is 6.20 Å². The smallest absolute Gasteiger partial charge is 0.150 e. The van der Waals surface area contributed by atoms with E-state index in [1.54, 1.807) is 13.2 Å². The number of hydrogen-bond donors (Lipinski definition) is 0. The molecule has 1 saturated heterocycles. The molecule has 5 heteroatoms. The molecule has 0 spiro atoms. The predicted molar refractivity (Wildman–Crippen MR) is 72.4 cm³/mol. The van der Waals surface area contributed by atoms with Gasteiger partial charge < -0.3 is 4.57 Å². The summed E-state index contributed by atoms with van der Waals surface area (Å²) < 4.78 is 2.80. The van der Waals surface area contributed by atoms with Crippen LogP contribution in [0, 0.1) is 0 Å². The van der Waals surface area contributed by atoms with Crippen molar-refractivity contribution in [2.45, 2.75) is 18.9 Å². The van der Waals surface area contributed by atoms with Crippen molar-refractivity contribution in [1.82, 2.24) is 14.5 Å². The summed E-state index contributed by atoms with van der Waals surface area (Å²) >= 11 is 3.37. The molecule has 92 valence electrons. The minimum Gasteiger partial charge on any atom is -0.305 e. The Labute approximate surface area is 110 Å². The highest BCUT2D eigenvalue weighted by molar-refractivity contribution is 9.10. The Hall–Kier alpha value is -0.940. The molecule has 1 aromatic rings. The largest absolute Gasteiger partial charge is 0.305 e. The Kier molecular flexibility index (Phi) is 4.12. The Bertz CT molecular complexity index is 478. The number of halogens is 1. The summed E-state index contributed by atoms with van der Waals surface area (Å²) in [5, 5.41) is 0. The average molecular weight is 297 g/mol. The first-order valence-corrected chi connectivity index (χ1v) is 6.55. The summed E-state index contributed by atoms with van der Waals surface area (Å²) in [6.45, 7) is 1.19. The van der Waals surface area contributed by atoms with Crippen LogP contribution < -0.4 is 5.49 Å². The van der Waals surface area contributed by atoms with Gasteiger partial charge in [-0.1, -0.05) is 6.08 Å². The van der Waals surface area contributed by atoms with E-state index in [1.807, 2.05) is 10.8 Å². The van der Waals surface area contributed by atoms with Crippen molar-refractivity contribution in [3.8, 4) is 0 Å². The molecule has 4 nitrogen and oxygen atoms in total. The van der Waals surface area contributed by atoms with Gasteiger partial charge in [0.25, 0.3) is 0 Å². The average Bonchev–Trinajstić information content (AvgIpc) is 2.72. The van der Waals surface area contributed by atoms with E-state index in [0.29, 0.717) is 6.04 Å². The number of likely N-dealkylation sites (tertiary alicyclic amines) is 1. The number of rotatable bonds is 2. The van der Waals surface area contributed by atoms with Gasteiger partial charge in [0.1, 0.15) is 10.1 Å². The summed E-state index contributed by atoms with van der Waals surface area (Å²) in [5.74, 6) is 0. The molecule has 2 rings (SSSR count). The third-order valence-corrected chi connectivity index (χ3v) is 3.50. The van der Waals surface area contributed by atoms with Crippen LogP contribution in [0.15, 0.2) is 28.1 Å². The maximum Gasteiger partial charge on any atom is 0.150 e. The van der Waals surface area contributed by atoms with E-state index < -0.39 is 0 Å². The molecule has 1 aliphatic rings. The monoisotopic (exact) mass is 296 g/mol. The predicted octanol–water partition coefficient (Wildman–Crippen LogP) is 1.74. The summed E-state index contributed by atoms with van der Waals surface area (Å²) in [4.78, 5) is 10.7. The SMILES string of the molecule is CN=c1cnc(Br)cn1/C=C/C1CCCN1C. The lowest BCUT2D eigenvalue weighted by Crippen LogP contribution is -2.23. The van der Waals surface area contributed by atoms with E-state index in [4.69, 9.17) is 0 Å². The van der Waals surface area contributed by atoms with Gasteiger partial charge in [0.15, 0.2) is 0 Å². The number of nitrogens with zero attached hydrogens (tertiary/aromatic N) is 4. The van der Waals surface area contributed by atoms with Gasteiger partial charge in [0.2, 0.25) is 0 Å². The van der Waals surface area contributed by atoms with Crippen molar-refractivity contribution < 1.29 is 0 Å². The molecule has 0 aliphatic carbocycles. The maximum atomic E-state index is 4.19. The third-order valence-electron chi connectivity index (χ3n) is 3.09. The van der Waals surface area contributed by atoms with Crippen LogP contribution in [-0.4, -0.2) is 41.1 Å². The van der Waals surface area contributed by atoms with Crippen LogP contribution in [0.2, 0.25) is 0 Å². The Morgan fingerprint density at radius 1 is 1.59 bits per heavy atom. The Balaban J connectivity index is 2.23. The highest BCUT2D eigenvalue weighted by Gasteiger charge is 2.17. The van der Waals surface area contributed by atoms with Crippen LogP contribution in [-0.2, 0) is 0 Å². The second kappa shape index (κ2) is 5.60. The fraction of sp³-hybridized carbons (Fsp3) is 0.500.